The van der Waals surface area contributed by atoms with E-state index in [0.717, 1.165) is 6.54 Å². The van der Waals surface area contributed by atoms with Gasteiger partial charge in [-0.2, -0.15) is 0 Å². The van der Waals surface area contributed by atoms with Crippen LogP contribution >= 0.6 is 0 Å². The van der Waals surface area contributed by atoms with E-state index in [1.54, 1.807) is 0 Å². The number of hydrogen-bond acceptors (Lipinski definition) is 2. The second-order valence-corrected chi connectivity index (χ2v) is 3.16. The lowest BCUT2D eigenvalue weighted by Gasteiger charge is -2.43. The van der Waals surface area contributed by atoms with Crippen LogP contribution in [-0.2, 0) is 0 Å². The van der Waals surface area contributed by atoms with Crippen molar-refractivity contribution in [1.82, 2.24) is 10.6 Å². The highest BCUT2D eigenvalue weighted by Crippen LogP contribution is 2.25. The van der Waals surface area contributed by atoms with Crippen molar-refractivity contribution in [2.24, 2.45) is 0 Å². The van der Waals surface area contributed by atoms with Gasteiger partial charge in [0.05, 0.1) is 0 Å². The molecule has 2 heteroatoms. The Morgan fingerprint density at radius 1 is 1.60 bits per heavy atom. The van der Waals surface area contributed by atoms with Crippen molar-refractivity contribution >= 4 is 0 Å². The van der Waals surface area contributed by atoms with Gasteiger partial charge in [0.2, 0.25) is 0 Å². The molecule has 0 amide bonds. The van der Waals surface area contributed by atoms with Crippen molar-refractivity contribution in [2.45, 2.75) is 31.7 Å². The first kappa shape index (κ1) is 8.02. The predicted octanol–water partition coefficient (Wildman–Crippen LogP) is 0.738. The first-order valence-electron chi connectivity index (χ1n) is 4.22. The molecule has 60 valence electrons. The summed E-state index contributed by atoms with van der Waals surface area (Å²) in [6, 6.07) is 0. The van der Waals surface area contributed by atoms with Crippen molar-refractivity contribution in [2.75, 3.05) is 20.1 Å². The minimum Gasteiger partial charge on any atom is -0.320 e. The Morgan fingerprint density at radius 2 is 2.30 bits per heavy atom. The monoisotopic (exact) mass is 142 g/mol. The maximum atomic E-state index is 3.50. The summed E-state index contributed by atoms with van der Waals surface area (Å²) in [5, 5.41) is 6.69. The van der Waals surface area contributed by atoms with Gasteiger partial charge in [-0.1, -0.05) is 6.92 Å². The third-order valence-corrected chi connectivity index (χ3v) is 2.63. The molecule has 1 aliphatic heterocycles. The minimum atomic E-state index is 0.503. The summed E-state index contributed by atoms with van der Waals surface area (Å²) in [6.45, 7) is 4.63. The molecule has 1 unspecified atom stereocenters. The van der Waals surface area contributed by atoms with Crippen LogP contribution in [-0.4, -0.2) is 25.7 Å². The Balaban J connectivity index is 2.20. The SMILES string of the molecule is CCC1(CCNC)CCN1. The zero-order valence-electron chi connectivity index (χ0n) is 7.04. The third-order valence-electron chi connectivity index (χ3n) is 2.63. The topological polar surface area (TPSA) is 24.1 Å². The summed E-state index contributed by atoms with van der Waals surface area (Å²) in [5.41, 5.74) is 0.503. The largest absolute Gasteiger partial charge is 0.320 e. The number of hydrogen-bond donors (Lipinski definition) is 2. The lowest BCUT2D eigenvalue weighted by atomic mass is 9.82. The minimum absolute atomic E-state index is 0.503. The van der Waals surface area contributed by atoms with Crippen LogP contribution in [0.3, 0.4) is 0 Å². The van der Waals surface area contributed by atoms with Crippen molar-refractivity contribution in [3.05, 3.63) is 0 Å². The molecule has 1 heterocycles. The number of rotatable bonds is 4. The fraction of sp³-hybridized carbons (Fsp3) is 1.00. The molecule has 0 aromatic heterocycles. The molecule has 1 aliphatic rings. The van der Waals surface area contributed by atoms with Gasteiger partial charge in [0, 0.05) is 5.54 Å². The molecular weight excluding hydrogens is 124 g/mol. The first-order chi connectivity index (χ1) is 4.83. The predicted molar refractivity (Wildman–Crippen MR) is 44.2 cm³/mol. The van der Waals surface area contributed by atoms with E-state index in [1.807, 2.05) is 7.05 Å². The highest BCUT2D eigenvalue weighted by atomic mass is 15.0. The second-order valence-electron chi connectivity index (χ2n) is 3.16. The molecule has 1 fully saturated rings. The highest BCUT2D eigenvalue weighted by molar-refractivity contribution is 4.95. The quantitative estimate of drug-likeness (QED) is 0.605. The van der Waals surface area contributed by atoms with Gasteiger partial charge in [0.25, 0.3) is 0 Å². The molecule has 1 rings (SSSR count). The second kappa shape index (κ2) is 3.35. The van der Waals surface area contributed by atoms with Crippen LogP contribution in [0.5, 0.6) is 0 Å². The summed E-state index contributed by atoms with van der Waals surface area (Å²) in [7, 11) is 2.02. The van der Waals surface area contributed by atoms with Crippen LogP contribution < -0.4 is 10.6 Å². The maximum Gasteiger partial charge on any atom is 0.0203 e. The van der Waals surface area contributed by atoms with Crippen molar-refractivity contribution < 1.29 is 0 Å². The zero-order valence-corrected chi connectivity index (χ0v) is 7.04. The van der Waals surface area contributed by atoms with Crippen LogP contribution in [0.4, 0.5) is 0 Å². The summed E-state index contributed by atoms with van der Waals surface area (Å²) in [5.74, 6) is 0. The third kappa shape index (κ3) is 1.50. The Kier molecular flexibility index (Phi) is 2.69. The van der Waals surface area contributed by atoms with Gasteiger partial charge in [-0.15, -0.1) is 0 Å². The van der Waals surface area contributed by atoms with Gasteiger partial charge in [0.1, 0.15) is 0 Å². The van der Waals surface area contributed by atoms with E-state index < -0.39 is 0 Å². The standard InChI is InChI=1S/C8H18N2/c1-3-8(4-6-9-2)5-7-10-8/h9-10H,3-7H2,1-2H3. The molecule has 0 radical (unpaired) electrons. The van der Waals surface area contributed by atoms with Crippen LogP contribution in [0.15, 0.2) is 0 Å². The fourth-order valence-electron chi connectivity index (χ4n) is 1.53. The fourth-order valence-corrected chi connectivity index (χ4v) is 1.53. The average Bonchev–Trinajstić information content (AvgIpc) is 1.87. The summed E-state index contributed by atoms with van der Waals surface area (Å²) in [4.78, 5) is 0. The molecule has 0 aliphatic carbocycles. The molecule has 0 spiro atoms. The van der Waals surface area contributed by atoms with E-state index in [1.165, 1.54) is 25.8 Å². The van der Waals surface area contributed by atoms with Gasteiger partial charge >= 0.3 is 0 Å². The summed E-state index contributed by atoms with van der Waals surface area (Å²) < 4.78 is 0. The van der Waals surface area contributed by atoms with Crippen LogP contribution in [0.25, 0.3) is 0 Å². The van der Waals surface area contributed by atoms with E-state index >= 15 is 0 Å². The van der Waals surface area contributed by atoms with Crippen molar-refractivity contribution in [3.63, 3.8) is 0 Å². The molecule has 1 atom stereocenters. The summed E-state index contributed by atoms with van der Waals surface area (Å²) in [6.07, 6.45) is 3.92. The van der Waals surface area contributed by atoms with Gasteiger partial charge in [-0.3, -0.25) is 0 Å². The molecule has 2 nitrogen and oxygen atoms in total. The van der Waals surface area contributed by atoms with Gasteiger partial charge in [0.15, 0.2) is 0 Å². The van der Waals surface area contributed by atoms with Gasteiger partial charge in [-0.25, -0.2) is 0 Å². The first-order valence-corrected chi connectivity index (χ1v) is 4.22. The molecule has 0 bridgehead atoms. The van der Waals surface area contributed by atoms with Crippen molar-refractivity contribution in [3.8, 4) is 0 Å². The Morgan fingerprint density at radius 3 is 2.60 bits per heavy atom. The Labute approximate surface area is 63.4 Å². The molecule has 0 aromatic carbocycles. The molecule has 1 saturated heterocycles. The molecule has 10 heavy (non-hydrogen) atoms. The van der Waals surface area contributed by atoms with Crippen LogP contribution in [0, 0.1) is 0 Å². The highest BCUT2D eigenvalue weighted by Gasteiger charge is 2.33. The zero-order chi connectivity index (χ0) is 7.45. The van der Waals surface area contributed by atoms with E-state index in [2.05, 4.69) is 17.6 Å². The lowest BCUT2D eigenvalue weighted by molar-refractivity contribution is 0.184. The molecular formula is C8H18N2. The normalized spacial score (nSPS) is 31.8. The molecule has 0 saturated carbocycles. The average molecular weight is 142 g/mol. The van der Waals surface area contributed by atoms with Crippen LogP contribution in [0.1, 0.15) is 26.2 Å². The van der Waals surface area contributed by atoms with E-state index in [4.69, 9.17) is 0 Å². The Bertz CT molecular complexity index is 91.9. The lowest BCUT2D eigenvalue weighted by Crippen LogP contribution is -2.57. The number of nitrogens with one attached hydrogen (secondary N) is 2. The molecule has 0 aromatic rings. The van der Waals surface area contributed by atoms with Gasteiger partial charge in [-0.05, 0) is 39.4 Å². The maximum absolute atomic E-state index is 3.50. The Hall–Kier alpha value is -0.0800. The van der Waals surface area contributed by atoms with Gasteiger partial charge < -0.3 is 10.6 Å². The molecule has 2 N–H and O–H groups in total. The summed E-state index contributed by atoms with van der Waals surface area (Å²) >= 11 is 0. The van der Waals surface area contributed by atoms with Crippen LogP contribution in [0.2, 0.25) is 0 Å². The van der Waals surface area contributed by atoms with E-state index in [0.29, 0.717) is 5.54 Å². The smallest absolute Gasteiger partial charge is 0.0203 e. The van der Waals surface area contributed by atoms with E-state index in [9.17, 15) is 0 Å². The van der Waals surface area contributed by atoms with Crippen molar-refractivity contribution in [1.29, 1.82) is 0 Å². The van der Waals surface area contributed by atoms with E-state index in [-0.39, 0.29) is 0 Å².